The summed E-state index contributed by atoms with van der Waals surface area (Å²) in [5, 5.41) is 18.7. The van der Waals surface area contributed by atoms with Gasteiger partial charge in [-0.15, -0.1) is 15.3 Å². The number of rotatable bonds is 5. The second-order valence-electron chi connectivity index (χ2n) is 8.65. The van der Waals surface area contributed by atoms with Crippen molar-refractivity contribution in [3.8, 4) is 11.4 Å². The van der Waals surface area contributed by atoms with Gasteiger partial charge in [0.1, 0.15) is 5.52 Å². The van der Waals surface area contributed by atoms with Gasteiger partial charge >= 0.3 is 0 Å². The lowest BCUT2D eigenvalue weighted by Crippen LogP contribution is -2.16. The number of ether oxygens (including phenoxy) is 1. The number of aromatic nitrogens is 6. The van der Waals surface area contributed by atoms with E-state index in [1.54, 1.807) is 10.6 Å². The highest BCUT2D eigenvalue weighted by atomic mass is 16.5. The zero-order valence-electron chi connectivity index (χ0n) is 20.9. The fourth-order valence-corrected chi connectivity index (χ4v) is 4.31. The van der Waals surface area contributed by atoms with E-state index < -0.39 is 6.98 Å². The molecular weight excluding hydrogens is 420 g/mol. The maximum atomic E-state index is 12.5. The van der Waals surface area contributed by atoms with Crippen LogP contribution in [0.1, 0.15) is 42.0 Å². The highest BCUT2D eigenvalue weighted by molar-refractivity contribution is 6.01. The molecule has 0 spiro atoms. The van der Waals surface area contributed by atoms with E-state index in [1.165, 1.54) is 6.20 Å². The van der Waals surface area contributed by atoms with Crippen LogP contribution in [0.5, 0.6) is 0 Å². The fraction of sp³-hybridized carbons (Fsp3) is 0.391. The van der Waals surface area contributed by atoms with Crippen LogP contribution in [0.15, 0.2) is 30.6 Å². The first-order valence-electron chi connectivity index (χ1n) is 12.5. The molecule has 10 nitrogen and oxygen atoms in total. The minimum Gasteiger partial charge on any atom is -0.373 e. The van der Waals surface area contributed by atoms with Crippen molar-refractivity contribution in [2.45, 2.75) is 32.3 Å². The van der Waals surface area contributed by atoms with E-state index >= 15 is 0 Å². The maximum Gasteiger partial charge on any atom is 0.228 e. The van der Waals surface area contributed by atoms with E-state index in [0.29, 0.717) is 28.3 Å². The van der Waals surface area contributed by atoms with Crippen LogP contribution in [0.25, 0.3) is 27.9 Å². The zero-order valence-corrected chi connectivity index (χ0v) is 17.9. The van der Waals surface area contributed by atoms with E-state index in [2.05, 4.69) is 35.9 Å². The minimum absolute atomic E-state index is 0.0367. The number of anilines is 2. The number of nitrogens with zero attached hydrogens (tertiary/aromatic N) is 6. The van der Waals surface area contributed by atoms with Crippen molar-refractivity contribution >= 4 is 34.1 Å². The Morgan fingerprint density at radius 1 is 1.33 bits per heavy atom. The molecule has 4 aromatic rings. The van der Waals surface area contributed by atoms with Crippen molar-refractivity contribution in [1.29, 1.82) is 0 Å². The molecule has 1 aliphatic carbocycles. The Morgan fingerprint density at radius 3 is 3.03 bits per heavy atom. The molecule has 0 bridgehead atoms. The van der Waals surface area contributed by atoms with Gasteiger partial charge in [0.25, 0.3) is 0 Å². The Hall–Kier alpha value is -3.66. The van der Waals surface area contributed by atoms with Crippen LogP contribution in [0, 0.1) is 11.8 Å². The molecule has 1 aliphatic heterocycles. The van der Waals surface area contributed by atoms with Crippen molar-refractivity contribution in [2.75, 3.05) is 24.2 Å². The summed E-state index contributed by atoms with van der Waals surface area (Å²) in [5.74, 6) is 0.904. The Morgan fingerprint density at radius 2 is 2.24 bits per heavy atom. The third-order valence-electron chi connectivity index (χ3n) is 6.34. The molecule has 1 amide bonds. The number of amides is 1. The Labute approximate surface area is 194 Å². The molecule has 168 valence electrons. The summed E-state index contributed by atoms with van der Waals surface area (Å²) in [6.45, 7) is 0.295. The standard InChI is InChI=1S/C23H24N8O2/c1-12-8-14(12)23(32)26-18-9-15-16(10-25-22(24-2)20(15)29-28-18)21-27-19-6-5-13(11-31(19)30-21)17-4-3-7-33-17/h5-6,9-12,14,17H,3-4,7-8H2,1-2H3,(H,24,25)(H,26,28,32)/t12-,14+,17-/m1/s1/i2D3. The summed E-state index contributed by atoms with van der Waals surface area (Å²) < 4.78 is 30.2. The molecule has 4 aromatic heterocycles. The van der Waals surface area contributed by atoms with Crippen LogP contribution in [-0.2, 0) is 9.53 Å². The van der Waals surface area contributed by atoms with E-state index in [0.717, 1.165) is 31.4 Å². The topological polar surface area (TPSA) is 119 Å². The number of carbonyl (C=O) groups excluding carboxylic acids is 1. The van der Waals surface area contributed by atoms with Crippen LogP contribution < -0.4 is 10.6 Å². The van der Waals surface area contributed by atoms with Gasteiger partial charge < -0.3 is 15.4 Å². The van der Waals surface area contributed by atoms with Crippen molar-refractivity contribution in [3.63, 3.8) is 0 Å². The Kier molecular flexibility index (Phi) is 3.96. The van der Waals surface area contributed by atoms with Gasteiger partial charge in [-0.25, -0.2) is 14.5 Å². The van der Waals surface area contributed by atoms with E-state index in [-0.39, 0.29) is 35.1 Å². The molecular formula is C23H24N8O2. The molecule has 0 aromatic carbocycles. The lowest BCUT2D eigenvalue weighted by Gasteiger charge is -2.09. The number of hydrogen-bond acceptors (Lipinski definition) is 8. The van der Waals surface area contributed by atoms with Gasteiger partial charge in [-0.1, -0.05) is 13.0 Å². The molecule has 1 saturated heterocycles. The minimum atomic E-state index is -2.47. The first kappa shape index (κ1) is 16.9. The summed E-state index contributed by atoms with van der Waals surface area (Å²) in [4.78, 5) is 21.4. The summed E-state index contributed by atoms with van der Waals surface area (Å²) in [5.41, 5.74) is 2.44. The third-order valence-corrected chi connectivity index (χ3v) is 6.34. The number of carbonyl (C=O) groups is 1. The monoisotopic (exact) mass is 447 g/mol. The van der Waals surface area contributed by atoms with Gasteiger partial charge in [0, 0.05) is 47.0 Å². The highest BCUT2D eigenvalue weighted by Crippen LogP contribution is 2.38. The number of pyridine rings is 2. The van der Waals surface area contributed by atoms with Gasteiger partial charge in [0.05, 0.1) is 6.10 Å². The SMILES string of the molecule is [2H]C([2H])([2H])Nc1ncc(-c2nc3ccc([C@H]4CCCO4)cn3n2)c2cc(NC(=O)[C@H]3C[C@H]3C)nnc12. The largest absolute Gasteiger partial charge is 0.373 e. The molecule has 2 N–H and O–H groups in total. The molecule has 1 saturated carbocycles. The first-order chi connectivity index (χ1) is 17.2. The normalized spacial score (nSPS) is 23.8. The van der Waals surface area contributed by atoms with Gasteiger partial charge in [-0.2, -0.15) is 0 Å². The molecule has 2 fully saturated rings. The third kappa shape index (κ3) is 3.56. The van der Waals surface area contributed by atoms with Crippen molar-refractivity contribution in [2.24, 2.45) is 11.8 Å². The average molecular weight is 448 g/mol. The molecule has 10 heteroatoms. The zero-order chi connectivity index (χ0) is 25.0. The molecule has 2 aliphatic rings. The highest BCUT2D eigenvalue weighted by Gasteiger charge is 2.39. The predicted octanol–water partition coefficient (Wildman–Crippen LogP) is 3.22. The van der Waals surface area contributed by atoms with E-state index in [1.807, 2.05) is 25.3 Å². The average Bonchev–Trinajstić information content (AvgIpc) is 3.22. The quantitative estimate of drug-likeness (QED) is 0.479. The smallest absolute Gasteiger partial charge is 0.228 e. The summed E-state index contributed by atoms with van der Waals surface area (Å²) in [7, 11) is 0. The lowest BCUT2D eigenvalue weighted by molar-refractivity contribution is -0.117. The van der Waals surface area contributed by atoms with Gasteiger partial charge in [0.15, 0.2) is 23.1 Å². The second kappa shape index (κ2) is 7.73. The molecule has 6 rings (SSSR count). The Bertz CT molecular complexity index is 1480. The number of fused-ring (bicyclic) bond motifs is 2. The molecule has 5 heterocycles. The predicted molar refractivity (Wildman–Crippen MR) is 123 cm³/mol. The van der Waals surface area contributed by atoms with Crippen LogP contribution in [0.2, 0.25) is 0 Å². The van der Waals surface area contributed by atoms with E-state index in [9.17, 15) is 4.79 Å². The summed E-state index contributed by atoms with van der Waals surface area (Å²) >= 11 is 0. The molecule has 33 heavy (non-hydrogen) atoms. The number of hydrogen-bond donors (Lipinski definition) is 2. The molecule has 3 atom stereocenters. The van der Waals surface area contributed by atoms with Crippen LogP contribution in [0.4, 0.5) is 11.6 Å². The van der Waals surface area contributed by atoms with Crippen molar-refractivity contribution in [1.82, 2.24) is 29.8 Å². The van der Waals surface area contributed by atoms with Crippen molar-refractivity contribution in [3.05, 3.63) is 36.2 Å². The van der Waals surface area contributed by atoms with Crippen LogP contribution in [0.3, 0.4) is 0 Å². The first-order valence-corrected chi connectivity index (χ1v) is 11.0. The fourth-order valence-electron chi connectivity index (χ4n) is 4.31. The van der Waals surface area contributed by atoms with Crippen LogP contribution >= 0.6 is 0 Å². The second-order valence-corrected chi connectivity index (χ2v) is 8.65. The van der Waals surface area contributed by atoms with E-state index in [4.69, 9.17) is 8.85 Å². The lowest BCUT2D eigenvalue weighted by atomic mass is 10.1. The molecule has 0 radical (unpaired) electrons. The Balaban J connectivity index is 1.43. The van der Waals surface area contributed by atoms with Crippen LogP contribution in [-0.4, -0.2) is 49.3 Å². The maximum absolute atomic E-state index is 12.5. The summed E-state index contributed by atoms with van der Waals surface area (Å²) in [6.07, 6.45) is 6.29. The van der Waals surface area contributed by atoms with Gasteiger partial charge in [0.2, 0.25) is 5.91 Å². The van der Waals surface area contributed by atoms with Gasteiger partial charge in [-0.3, -0.25) is 4.79 Å². The molecule has 0 unspecified atom stereocenters. The summed E-state index contributed by atoms with van der Waals surface area (Å²) in [6, 6.07) is 5.52. The van der Waals surface area contributed by atoms with Crippen molar-refractivity contribution < 1.29 is 13.6 Å². The van der Waals surface area contributed by atoms with Gasteiger partial charge in [-0.05, 0) is 42.9 Å². The number of nitrogens with one attached hydrogen (secondary N) is 2.